The van der Waals surface area contributed by atoms with Crippen LogP contribution < -0.4 is 0 Å². The Labute approximate surface area is 104 Å². The minimum absolute atomic E-state index is 0.197. The minimum Gasteiger partial charge on any atom is -0.389 e. The Morgan fingerprint density at radius 3 is 2.47 bits per heavy atom. The fraction of sp³-hybridized carbons (Fsp3) is 0.917. The second kappa shape index (κ2) is 4.86. The lowest BCUT2D eigenvalue weighted by Crippen LogP contribution is -2.36. The monoisotopic (exact) mass is 260 g/mol. The Morgan fingerprint density at radius 2 is 1.94 bits per heavy atom. The van der Waals surface area contributed by atoms with Crippen molar-refractivity contribution in [2.75, 3.05) is 18.8 Å². The first-order valence-electron chi connectivity index (χ1n) is 6.43. The highest BCUT2D eigenvalue weighted by atomic mass is 32.2. The molecule has 1 heterocycles. The van der Waals surface area contributed by atoms with Crippen LogP contribution >= 0.6 is 0 Å². The minimum atomic E-state index is -3.19. The molecule has 1 saturated carbocycles. The summed E-state index contributed by atoms with van der Waals surface area (Å²) in [6, 6.07) is 0. The summed E-state index contributed by atoms with van der Waals surface area (Å²) < 4.78 is 25.8. The molecule has 1 aliphatic carbocycles. The van der Waals surface area contributed by atoms with Crippen LogP contribution in [0.5, 0.6) is 0 Å². The standard InChI is InChI=1S/C12H22NO3S/c1-12(14)7-8-13(10-12)17(15,16)9-11-5-3-2-4-6-11/h14H,2-10H2,1H3. The summed E-state index contributed by atoms with van der Waals surface area (Å²) in [7, 11) is -3.19. The van der Waals surface area contributed by atoms with Gasteiger partial charge in [0.05, 0.1) is 11.4 Å². The van der Waals surface area contributed by atoms with E-state index in [9.17, 15) is 13.5 Å². The fourth-order valence-electron chi connectivity index (χ4n) is 2.69. The molecule has 4 nitrogen and oxygen atoms in total. The average Bonchev–Trinajstić information content (AvgIpc) is 2.60. The molecular formula is C12H22NO3S. The maximum Gasteiger partial charge on any atom is 0.214 e. The first-order valence-corrected chi connectivity index (χ1v) is 8.04. The van der Waals surface area contributed by atoms with Gasteiger partial charge in [-0.1, -0.05) is 19.3 Å². The van der Waals surface area contributed by atoms with Crippen LogP contribution in [0.1, 0.15) is 45.4 Å². The van der Waals surface area contributed by atoms with Crippen molar-refractivity contribution in [2.45, 2.75) is 51.0 Å². The third kappa shape index (κ3) is 3.42. The van der Waals surface area contributed by atoms with E-state index in [1.54, 1.807) is 6.92 Å². The molecule has 2 rings (SSSR count). The van der Waals surface area contributed by atoms with Gasteiger partial charge >= 0.3 is 0 Å². The van der Waals surface area contributed by atoms with Crippen molar-refractivity contribution in [3.63, 3.8) is 0 Å². The van der Waals surface area contributed by atoms with E-state index < -0.39 is 15.6 Å². The van der Waals surface area contributed by atoms with Gasteiger partial charge in [-0.3, -0.25) is 0 Å². The Hall–Kier alpha value is -0.130. The first kappa shape index (κ1) is 13.3. The van der Waals surface area contributed by atoms with Crippen LogP contribution in [0.15, 0.2) is 0 Å². The van der Waals surface area contributed by atoms with Crippen molar-refractivity contribution in [3.05, 3.63) is 5.92 Å². The maximum absolute atomic E-state index is 12.2. The molecule has 0 aromatic carbocycles. The molecule has 1 radical (unpaired) electrons. The van der Waals surface area contributed by atoms with E-state index in [2.05, 4.69) is 0 Å². The normalized spacial score (nSPS) is 33.1. The fourth-order valence-corrected chi connectivity index (χ4v) is 4.52. The van der Waals surface area contributed by atoms with E-state index in [0.29, 0.717) is 13.0 Å². The van der Waals surface area contributed by atoms with Crippen LogP contribution in [-0.4, -0.2) is 42.3 Å². The predicted octanol–water partition coefficient (Wildman–Crippen LogP) is 1.31. The van der Waals surface area contributed by atoms with Crippen LogP contribution in [0.4, 0.5) is 0 Å². The van der Waals surface area contributed by atoms with Crippen LogP contribution in [0.3, 0.4) is 0 Å². The van der Waals surface area contributed by atoms with Crippen molar-refractivity contribution in [1.82, 2.24) is 4.31 Å². The molecule has 5 heteroatoms. The van der Waals surface area contributed by atoms with E-state index in [-0.39, 0.29) is 12.3 Å². The van der Waals surface area contributed by atoms with E-state index in [0.717, 1.165) is 25.7 Å². The summed E-state index contributed by atoms with van der Waals surface area (Å²) in [6.07, 6.45) is 5.95. The van der Waals surface area contributed by atoms with Gasteiger partial charge in [0.2, 0.25) is 10.0 Å². The number of β-amino-alcohol motifs (C(OH)–C–C–N with tert-alkyl or cyclic N) is 1. The van der Waals surface area contributed by atoms with Gasteiger partial charge in [0.15, 0.2) is 0 Å². The molecule has 1 saturated heterocycles. The lowest BCUT2D eigenvalue weighted by molar-refractivity contribution is 0.0762. The lowest BCUT2D eigenvalue weighted by Gasteiger charge is -2.24. The van der Waals surface area contributed by atoms with Crippen molar-refractivity contribution in [3.8, 4) is 0 Å². The average molecular weight is 260 g/mol. The molecule has 1 atom stereocenters. The number of rotatable bonds is 3. The third-order valence-electron chi connectivity index (χ3n) is 3.76. The molecule has 1 unspecified atom stereocenters. The largest absolute Gasteiger partial charge is 0.389 e. The van der Waals surface area contributed by atoms with Gasteiger partial charge in [-0.25, -0.2) is 8.42 Å². The zero-order valence-corrected chi connectivity index (χ0v) is 11.3. The SMILES string of the molecule is CC1(O)CCN(S(=O)(=O)C[C]2CCCCC2)C1. The van der Waals surface area contributed by atoms with E-state index in [1.807, 2.05) is 0 Å². The number of sulfonamides is 1. The summed E-state index contributed by atoms with van der Waals surface area (Å²) >= 11 is 0. The van der Waals surface area contributed by atoms with Gasteiger partial charge in [-0.15, -0.1) is 0 Å². The van der Waals surface area contributed by atoms with Crippen LogP contribution in [0, 0.1) is 5.92 Å². The molecule has 17 heavy (non-hydrogen) atoms. The lowest BCUT2D eigenvalue weighted by atomic mass is 9.91. The van der Waals surface area contributed by atoms with Gasteiger partial charge in [0, 0.05) is 13.1 Å². The summed E-state index contributed by atoms with van der Waals surface area (Å²) in [5, 5.41) is 9.82. The van der Waals surface area contributed by atoms with Crippen LogP contribution in [0.2, 0.25) is 0 Å². The van der Waals surface area contributed by atoms with Gasteiger partial charge in [-0.2, -0.15) is 4.31 Å². The van der Waals surface area contributed by atoms with Gasteiger partial charge < -0.3 is 5.11 Å². The smallest absolute Gasteiger partial charge is 0.214 e. The highest BCUT2D eigenvalue weighted by Crippen LogP contribution is 2.30. The Kier molecular flexibility index (Phi) is 3.80. The third-order valence-corrected chi connectivity index (χ3v) is 5.63. The van der Waals surface area contributed by atoms with Gasteiger partial charge in [0.25, 0.3) is 0 Å². The number of hydrogen-bond acceptors (Lipinski definition) is 3. The molecule has 0 bridgehead atoms. The van der Waals surface area contributed by atoms with E-state index in [1.165, 1.54) is 16.6 Å². The molecule has 2 fully saturated rings. The Morgan fingerprint density at radius 1 is 1.29 bits per heavy atom. The second-order valence-electron chi connectivity index (χ2n) is 5.65. The Bertz CT molecular complexity index is 358. The van der Waals surface area contributed by atoms with Crippen molar-refractivity contribution < 1.29 is 13.5 Å². The maximum atomic E-state index is 12.2. The topological polar surface area (TPSA) is 57.6 Å². The summed E-state index contributed by atoms with van der Waals surface area (Å²) in [5.41, 5.74) is -0.843. The zero-order chi connectivity index (χ0) is 12.5. The molecule has 1 aliphatic heterocycles. The summed E-state index contributed by atoms with van der Waals surface area (Å²) in [6.45, 7) is 2.42. The molecule has 1 N–H and O–H groups in total. The molecule has 2 aliphatic rings. The Balaban J connectivity index is 1.94. The highest BCUT2D eigenvalue weighted by molar-refractivity contribution is 7.89. The second-order valence-corrected chi connectivity index (χ2v) is 7.62. The highest BCUT2D eigenvalue weighted by Gasteiger charge is 2.38. The number of aliphatic hydroxyl groups is 1. The van der Waals surface area contributed by atoms with Crippen LogP contribution in [-0.2, 0) is 10.0 Å². The van der Waals surface area contributed by atoms with Gasteiger partial charge in [-0.05, 0) is 32.1 Å². The molecule has 0 amide bonds. The molecule has 0 aromatic rings. The molecule has 99 valence electrons. The zero-order valence-electron chi connectivity index (χ0n) is 10.5. The van der Waals surface area contributed by atoms with E-state index in [4.69, 9.17) is 0 Å². The number of hydrogen-bond donors (Lipinski definition) is 1. The molecule has 0 aromatic heterocycles. The molecular weight excluding hydrogens is 238 g/mol. The first-order chi connectivity index (χ1) is 7.89. The van der Waals surface area contributed by atoms with Crippen LogP contribution in [0.25, 0.3) is 0 Å². The predicted molar refractivity (Wildman–Crippen MR) is 66.9 cm³/mol. The quantitative estimate of drug-likeness (QED) is 0.832. The van der Waals surface area contributed by atoms with Crippen molar-refractivity contribution in [1.29, 1.82) is 0 Å². The molecule has 0 spiro atoms. The van der Waals surface area contributed by atoms with Crippen molar-refractivity contribution in [2.24, 2.45) is 0 Å². The number of nitrogens with zero attached hydrogens (tertiary/aromatic N) is 1. The van der Waals surface area contributed by atoms with Crippen molar-refractivity contribution >= 4 is 10.0 Å². The van der Waals surface area contributed by atoms with Gasteiger partial charge in [0.1, 0.15) is 0 Å². The summed E-state index contributed by atoms with van der Waals surface area (Å²) in [5.74, 6) is 1.37. The van der Waals surface area contributed by atoms with E-state index >= 15 is 0 Å². The summed E-state index contributed by atoms with van der Waals surface area (Å²) in [4.78, 5) is 0.